The predicted octanol–water partition coefficient (Wildman–Crippen LogP) is 7.63. The SMILES string of the molecule is CCCCCc1ccc2c(c1)oc1c3cc4ccccc4cc3ccc21. The molecule has 0 radical (unpaired) electrons. The minimum Gasteiger partial charge on any atom is -0.455 e. The van der Waals surface area contributed by atoms with Gasteiger partial charge in [-0.2, -0.15) is 0 Å². The second-order valence-electron chi connectivity index (χ2n) is 7.25. The number of fused-ring (bicyclic) bond motifs is 6. The van der Waals surface area contributed by atoms with E-state index in [0.717, 1.165) is 17.6 Å². The molecule has 26 heavy (non-hydrogen) atoms. The minimum absolute atomic E-state index is 1.01. The van der Waals surface area contributed by atoms with E-state index in [4.69, 9.17) is 4.42 Å². The number of benzene rings is 4. The molecule has 0 saturated carbocycles. The third-order valence-corrected chi connectivity index (χ3v) is 5.45. The Morgan fingerprint density at radius 2 is 1.50 bits per heavy atom. The molecule has 4 aromatic carbocycles. The Labute approximate surface area is 153 Å². The molecule has 5 aromatic rings. The van der Waals surface area contributed by atoms with Crippen LogP contribution in [0.25, 0.3) is 43.5 Å². The van der Waals surface area contributed by atoms with Crippen LogP contribution in [0.3, 0.4) is 0 Å². The summed E-state index contributed by atoms with van der Waals surface area (Å²) in [4.78, 5) is 0. The molecule has 1 heteroatoms. The van der Waals surface area contributed by atoms with Crippen molar-refractivity contribution in [2.45, 2.75) is 32.6 Å². The molecule has 0 fully saturated rings. The van der Waals surface area contributed by atoms with Crippen LogP contribution in [0.1, 0.15) is 31.7 Å². The molecule has 1 aromatic heterocycles. The standard InChI is InChI=1S/C25H22O/c1-2-3-4-7-17-10-12-21-22-13-11-20-15-18-8-5-6-9-19(18)16-23(20)25(22)26-24(21)14-17/h5-6,8-16H,2-4,7H2,1H3. The van der Waals surface area contributed by atoms with Gasteiger partial charge in [0.2, 0.25) is 0 Å². The lowest BCUT2D eigenvalue weighted by Gasteiger charge is -2.02. The van der Waals surface area contributed by atoms with Crippen LogP contribution < -0.4 is 0 Å². The van der Waals surface area contributed by atoms with E-state index in [1.54, 1.807) is 0 Å². The van der Waals surface area contributed by atoms with E-state index in [-0.39, 0.29) is 0 Å². The zero-order chi connectivity index (χ0) is 17.5. The Morgan fingerprint density at radius 1 is 0.692 bits per heavy atom. The molecule has 1 heterocycles. The van der Waals surface area contributed by atoms with E-state index >= 15 is 0 Å². The molecule has 0 spiro atoms. The maximum Gasteiger partial charge on any atom is 0.143 e. The van der Waals surface area contributed by atoms with Crippen molar-refractivity contribution in [3.8, 4) is 0 Å². The van der Waals surface area contributed by atoms with Crippen LogP contribution in [-0.2, 0) is 6.42 Å². The molecule has 0 amide bonds. The molecular formula is C25H22O. The second-order valence-corrected chi connectivity index (χ2v) is 7.25. The highest BCUT2D eigenvalue weighted by Gasteiger charge is 2.11. The monoisotopic (exact) mass is 338 g/mol. The molecule has 128 valence electrons. The Hall–Kier alpha value is -2.80. The number of rotatable bonds is 4. The Kier molecular flexibility index (Phi) is 3.67. The molecule has 1 nitrogen and oxygen atoms in total. The average molecular weight is 338 g/mol. The van der Waals surface area contributed by atoms with E-state index in [2.05, 4.69) is 73.7 Å². The van der Waals surface area contributed by atoms with Crippen LogP contribution in [0, 0.1) is 0 Å². The first-order chi connectivity index (χ1) is 12.8. The van der Waals surface area contributed by atoms with Gasteiger partial charge in [0.05, 0.1) is 0 Å². The second kappa shape index (κ2) is 6.17. The van der Waals surface area contributed by atoms with Crippen LogP contribution in [0.5, 0.6) is 0 Å². The lowest BCUT2D eigenvalue weighted by Crippen LogP contribution is -1.84. The van der Waals surface area contributed by atoms with Gasteiger partial charge in [-0.3, -0.25) is 0 Å². The molecule has 0 unspecified atom stereocenters. The highest BCUT2D eigenvalue weighted by atomic mass is 16.3. The van der Waals surface area contributed by atoms with Gasteiger partial charge >= 0.3 is 0 Å². The van der Waals surface area contributed by atoms with Gasteiger partial charge in [0.15, 0.2) is 0 Å². The smallest absolute Gasteiger partial charge is 0.143 e. The summed E-state index contributed by atoms with van der Waals surface area (Å²) in [7, 11) is 0. The molecule has 0 aliphatic heterocycles. The topological polar surface area (TPSA) is 13.1 Å². The molecule has 0 aliphatic rings. The third-order valence-electron chi connectivity index (χ3n) is 5.45. The number of hydrogen-bond acceptors (Lipinski definition) is 1. The number of hydrogen-bond donors (Lipinski definition) is 0. The zero-order valence-corrected chi connectivity index (χ0v) is 15.1. The molecule has 0 saturated heterocycles. The molecular weight excluding hydrogens is 316 g/mol. The first kappa shape index (κ1) is 15.5. The summed E-state index contributed by atoms with van der Waals surface area (Å²) < 4.78 is 6.36. The van der Waals surface area contributed by atoms with Crippen LogP contribution >= 0.6 is 0 Å². The maximum atomic E-state index is 6.36. The lowest BCUT2D eigenvalue weighted by molar-refractivity contribution is 0.670. The van der Waals surface area contributed by atoms with Gasteiger partial charge in [-0.05, 0) is 58.8 Å². The van der Waals surface area contributed by atoms with Crippen LogP contribution in [-0.4, -0.2) is 0 Å². The Bertz CT molecular complexity index is 1240. The summed E-state index contributed by atoms with van der Waals surface area (Å²) >= 11 is 0. The van der Waals surface area contributed by atoms with Crippen molar-refractivity contribution in [2.75, 3.05) is 0 Å². The molecule has 5 rings (SSSR count). The van der Waals surface area contributed by atoms with E-state index in [0.29, 0.717) is 0 Å². The largest absolute Gasteiger partial charge is 0.455 e. The number of aryl methyl sites for hydroxylation is 1. The quantitative estimate of drug-likeness (QED) is 0.242. The molecule has 0 aliphatic carbocycles. The van der Waals surface area contributed by atoms with Gasteiger partial charge in [-0.25, -0.2) is 0 Å². The summed E-state index contributed by atoms with van der Waals surface area (Å²) in [6.45, 7) is 2.25. The van der Waals surface area contributed by atoms with Crippen molar-refractivity contribution in [1.82, 2.24) is 0 Å². The number of furan rings is 1. The third kappa shape index (κ3) is 2.47. The highest BCUT2D eigenvalue weighted by molar-refractivity contribution is 6.17. The fraction of sp³-hybridized carbons (Fsp3) is 0.200. The van der Waals surface area contributed by atoms with E-state index in [1.165, 1.54) is 57.1 Å². The predicted molar refractivity (Wildman–Crippen MR) is 112 cm³/mol. The van der Waals surface area contributed by atoms with Crippen LogP contribution in [0.15, 0.2) is 71.1 Å². The lowest BCUT2D eigenvalue weighted by atomic mass is 10.0. The first-order valence-corrected chi connectivity index (χ1v) is 9.60. The van der Waals surface area contributed by atoms with E-state index < -0.39 is 0 Å². The summed E-state index contributed by atoms with van der Waals surface area (Å²) in [5.41, 5.74) is 3.39. The van der Waals surface area contributed by atoms with Crippen molar-refractivity contribution >= 4 is 43.5 Å². The average Bonchev–Trinajstić information content (AvgIpc) is 3.05. The van der Waals surface area contributed by atoms with Crippen molar-refractivity contribution in [3.63, 3.8) is 0 Å². The Balaban J connectivity index is 1.72. The van der Waals surface area contributed by atoms with Crippen molar-refractivity contribution in [1.29, 1.82) is 0 Å². The van der Waals surface area contributed by atoms with Gasteiger partial charge in [0.25, 0.3) is 0 Å². The van der Waals surface area contributed by atoms with Gasteiger partial charge in [-0.15, -0.1) is 0 Å². The fourth-order valence-corrected chi connectivity index (χ4v) is 4.03. The van der Waals surface area contributed by atoms with E-state index in [1.807, 2.05) is 0 Å². The maximum absolute atomic E-state index is 6.36. The highest BCUT2D eigenvalue weighted by Crippen LogP contribution is 2.36. The number of unbranched alkanes of at least 4 members (excludes halogenated alkanes) is 2. The van der Waals surface area contributed by atoms with Gasteiger partial charge in [0, 0.05) is 16.2 Å². The van der Waals surface area contributed by atoms with Gasteiger partial charge in [0.1, 0.15) is 11.2 Å². The van der Waals surface area contributed by atoms with Gasteiger partial charge in [-0.1, -0.05) is 62.2 Å². The fourth-order valence-electron chi connectivity index (χ4n) is 4.03. The van der Waals surface area contributed by atoms with Crippen molar-refractivity contribution < 1.29 is 4.42 Å². The van der Waals surface area contributed by atoms with E-state index in [9.17, 15) is 0 Å². The zero-order valence-electron chi connectivity index (χ0n) is 15.1. The summed E-state index contributed by atoms with van der Waals surface area (Å²) in [5, 5.41) is 7.39. The Morgan fingerprint density at radius 3 is 2.35 bits per heavy atom. The van der Waals surface area contributed by atoms with Crippen molar-refractivity contribution in [3.05, 3.63) is 72.3 Å². The molecule has 0 N–H and O–H groups in total. The van der Waals surface area contributed by atoms with Gasteiger partial charge < -0.3 is 4.42 Å². The summed E-state index contributed by atoms with van der Waals surface area (Å²) in [5.74, 6) is 0. The van der Waals surface area contributed by atoms with Crippen molar-refractivity contribution in [2.24, 2.45) is 0 Å². The molecule has 0 atom stereocenters. The minimum atomic E-state index is 1.01. The van der Waals surface area contributed by atoms with Crippen LogP contribution in [0.2, 0.25) is 0 Å². The van der Waals surface area contributed by atoms with Crippen LogP contribution in [0.4, 0.5) is 0 Å². The summed E-state index contributed by atoms with van der Waals surface area (Å²) in [6, 6.07) is 24.2. The molecule has 0 bridgehead atoms. The first-order valence-electron chi connectivity index (χ1n) is 9.60. The normalized spacial score (nSPS) is 11.9. The summed E-state index contributed by atoms with van der Waals surface area (Å²) in [6.07, 6.45) is 4.92.